The van der Waals surface area contributed by atoms with Crippen LogP contribution in [0.5, 0.6) is 0 Å². The van der Waals surface area contributed by atoms with Crippen molar-refractivity contribution in [3.05, 3.63) is 17.7 Å². The maximum absolute atomic E-state index is 8.33. The quantitative estimate of drug-likeness (QED) is 0.327. The summed E-state index contributed by atoms with van der Waals surface area (Å²) in [6.07, 6.45) is 3.27. The fourth-order valence-electron chi connectivity index (χ4n) is 1.25. The predicted octanol–water partition coefficient (Wildman–Crippen LogP) is 1.03. The number of aromatic nitrogens is 2. The van der Waals surface area contributed by atoms with E-state index in [9.17, 15) is 0 Å². The molecule has 14 heavy (non-hydrogen) atoms. The largest absolute Gasteiger partial charge is 0.409 e. The van der Waals surface area contributed by atoms with Crippen LogP contribution in [-0.2, 0) is 6.54 Å². The Labute approximate surface area is 83.2 Å². The maximum Gasteiger partial charge on any atom is 0.139 e. The van der Waals surface area contributed by atoms with Crippen LogP contribution in [0.4, 0.5) is 0 Å². The van der Waals surface area contributed by atoms with Crippen molar-refractivity contribution in [3.63, 3.8) is 0 Å². The highest BCUT2D eigenvalue weighted by molar-refractivity contribution is 5.79. The minimum absolute atomic E-state index is 0.277. The van der Waals surface area contributed by atoms with Crippen molar-refractivity contribution in [1.29, 1.82) is 0 Å². The number of rotatable bonds is 4. The van der Waals surface area contributed by atoms with E-state index in [1.54, 1.807) is 0 Å². The molecule has 0 spiro atoms. The molecular formula is C9H16N4O. The molecule has 5 nitrogen and oxygen atoms in total. The van der Waals surface area contributed by atoms with Crippen LogP contribution in [0, 0.1) is 13.8 Å². The van der Waals surface area contributed by atoms with Gasteiger partial charge in [-0.05, 0) is 20.3 Å². The molecule has 0 bridgehead atoms. The molecule has 0 unspecified atom stereocenters. The molecule has 0 aliphatic rings. The molecule has 0 saturated heterocycles. The van der Waals surface area contributed by atoms with Crippen LogP contribution in [0.2, 0.25) is 0 Å². The Morgan fingerprint density at radius 3 is 2.86 bits per heavy atom. The van der Waals surface area contributed by atoms with E-state index in [4.69, 9.17) is 10.9 Å². The number of hydrogen-bond donors (Lipinski definition) is 2. The van der Waals surface area contributed by atoms with Gasteiger partial charge in [0.05, 0.1) is 12.0 Å². The first-order chi connectivity index (χ1) is 6.65. The highest BCUT2D eigenvalue weighted by Crippen LogP contribution is 2.05. The lowest BCUT2D eigenvalue weighted by molar-refractivity contribution is 0.316. The minimum atomic E-state index is 0.277. The maximum atomic E-state index is 8.33. The van der Waals surface area contributed by atoms with Crippen LogP contribution in [0.25, 0.3) is 0 Å². The van der Waals surface area contributed by atoms with Gasteiger partial charge in [0.1, 0.15) is 5.84 Å². The smallest absolute Gasteiger partial charge is 0.139 e. The molecule has 0 aromatic carbocycles. The van der Waals surface area contributed by atoms with E-state index in [1.807, 2.05) is 20.2 Å². The highest BCUT2D eigenvalue weighted by atomic mass is 16.4. The fraction of sp³-hybridized carbons (Fsp3) is 0.556. The van der Waals surface area contributed by atoms with Crippen LogP contribution in [-0.4, -0.2) is 20.6 Å². The summed E-state index contributed by atoms with van der Waals surface area (Å²) >= 11 is 0. The van der Waals surface area contributed by atoms with E-state index in [0.29, 0.717) is 6.42 Å². The van der Waals surface area contributed by atoms with E-state index >= 15 is 0 Å². The normalized spacial score (nSPS) is 12.0. The summed E-state index contributed by atoms with van der Waals surface area (Å²) in [6, 6.07) is 0. The Balaban J connectivity index is 2.43. The van der Waals surface area contributed by atoms with Crippen LogP contribution >= 0.6 is 0 Å². The van der Waals surface area contributed by atoms with Gasteiger partial charge in [-0.3, -0.25) is 0 Å². The summed E-state index contributed by atoms with van der Waals surface area (Å²) in [5, 5.41) is 11.3. The Bertz CT molecular complexity index is 330. The molecule has 0 fully saturated rings. The van der Waals surface area contributed by atoms with E-state index in [-0.39, 0.29) is 5.84 Å². The van der Waals surface area contributed by atoms with Gasteiger partial charge >= 0.3 is 0 Å². The van der Waals surface area contributed by atoms with Gasteiger partial charge in [0.2, 0.25) is 0 Å². The zero-order valence-electron chi connectivity index (χ0n) is 8.56. The average molecular weight is 196 g/mol. The summed E-state index contributed by atoms with van der Waals surface area (Å²) in [5.41, 5.74) is 7.58. The van der Waals surface area contributed by atoms with Crippen molar-refractivity contribution >= 4 is 5.84 Å². The molecule has 1 rings (SSSR count). The molecule has 0 aliphatic carbocycles. The van der Waals surface area contributed by atoms with Gasteiger partial charge in [-0.25, -0.2) is 4.98 Å². The standard InChI is InChI=1S/C9H16N4O/c1-7-8(2)13(6-11-7)5-3-4-9(10)12-14/h6,14H,3-5H2,1-2H3,(H2,10,12). The van der Waals surface area contributed by atoms with E-state index in [0.717, 1.165) is 18.7 Å². The third kappa shape index (κ3) is 2.48. The average Bonchev–Trinajstić information content (AvgIpc) is 2.49. The first kappa shape index (κ1) is 10.6. The second kappa shape index (κ2) is 4.64. The predicted molar refractivity (Wildman–Crippen MR) is 54.3 cm³/mol. The summed E-state index contributed by atoms with van der Waals surface area (Å²) < 4.78 is 2.07. The van der Waals surface area contributed by atoms with Crippen LogP contribution in [0.15, 0.2) is 11.5 Å². The third-order valence-corrected chi connectivity index (χ3v) is 2.31. The Hall–Kier alpha value is -1.52. The molecule has 0 radical (unpaired) electrons. The van der Waals surface area contributed by atoms with Gasteiger partial charge < -0.3 is 15.5 Å². The van der Waals surface area contributed by atoms with Crippen molar-refractivity contribution in [1.82, 2.24) is 9.55 Å². The molecular weight excluding hydrogens is 180 g/mol. The molecule has 1 heterocycles. The SMILES string of the molecule is Cc1ncn(CCCC(N)=NO)c1C. The lowest BCUT2D eigenvalue weighted by Gasteiger charge is -2.04. The molecule has 0 aliphatic heterocycles. The van der Waals surface area contributed by atoms with E-state index in [1.165, 1.54) is 5.69 Å². The highest BCUT2D eigenvalue weighted by Gasteiger charge is 2.01. The number of imidazole rings is 1. The van der Waals surface area contributed by atoms with E-state index < -0.39 is 0 Å². The van der Waals surface area contributed by atoms with Crippen molar-refractivity contribution in [2.24, 2.45) is 10.9 Å². The fourth-order valence-corrected chi connectivity index (χ4v) is 1.25. The Morgan fingerprint density at radius 1 is 1.64 bits per heavy atom. The Kier molecular flexibility index (Phi) is 3.50. The second-order valence-electron chi connectivity index (χ2n) is 3.30. The Morgan fingerprint density at radius 2 is 2.36 bits per heavy atom. The first-order valence-electron chi connectivity index (χ1n) is 4.60. The minimum Gasteiger partial charge on any atom is -0.409 e. The number of amidine groups is 1. The van der Waals surface area contributed by atoms with Gasteiger partial charge in [-0.2, -0.15) is 0 Å². The van der Waals surface area contributed by atoms with Crippen LogP contribution in [0.1, 0.15) is 24.2 Å². The summed E-state index contributed by atoms with van der Waals surface area (Å²) in [7, 11) is 0. The molecule has 1 aromatic heterocycles. The first-order valence-corrected chi connectivity index (χ1v) is 4.60. The van der Waals surface area contributed by atoms with Gasteiger partial charge in [0, 0.05) is 18.7 Å². The van der Waals surface area contributed by atoms with Crippen LogP contribution < -0.4 is 5.73 Å². The molecule has 0 amide bonds. The summed E-state index contributed by atoms with van der Waals surface area (Å²) in [6.45, 7) is 4.87. The summed E-state index contributed by atoms with van der Waals surface area (Å²) in [4.78, 5) is 4.19. The molecule has 1 aromatic rings. The number of aryl methyl sites for hydroxylation is 2. The van der Waals surface area contributed by atoms with Gasteiger partial charge in [0.25, 0.3) is 0 Å². The zero-order chi connectivity index (χ0) is 10.6. The zero-order valence-corrected chi connectivity index (χ0v) is 8.56. The lowest BCUT2D eigenvalue weighted by atomic mass is 10.3. The number of nitrogens with zero attached hydrogens (tertiary/aromatic N) is 3. The van der Waals surface area contributed by atoms with E-state index in [2.05, 4.69) is 14.7 Å². The topological polar surface area (TPSA) is 76.4 Å². The van der Waals surface area contributed by atoms with Crippen molar-refractivity contribution in [3.8, 4) is 0 Å². The second-order valence-corrected chi connectivity index (χ2v) is 3.30. The number of nitrogens with two attached hydrogens (primary N) is 1. The molecule has 0 saturated carbocycles. The summed E-state index contributed by atoms with van der Waals surface area (Å²) in [5.74, 6) is 0.277. The van der Waals surface area contributed by atoms with Crippen molar-refractivity contribution in [2.75, 3.05) is 0 Å². The van der Waals surface area contributed by atoms with Crippen molar-refractivity contribution in [2.45, 2.75) is 33.2 Å². The molecule has 5 heteroatoms. The molecule has 78 valence electrons. The lowest BCUT2D eigenvalue weighted by Crippen LogP contribution is -2.12. The van der Waals surface area contributed by atoms with Crippen LogP contribution in [0.3, 0.4) is 0 Å². The van der Waals surface area contributed by atoms with Crippen molar-refractivity contribution < 1.29 is 5.21 Å². The molecule has 3 N–H and O–H groups in total. The monoisotopic (exact) mass is 196 g/mol. The van der Waals surface area contributed by atoms with Gasteiger partial charge in [-0.15, -0.1) is 0 Å². The van der Waals surface area contributed by atoms with Gasteiger partial charge in [0.15, 0.2) is 0 Å². The number of oxime groups is 1. The molecule has 0 atom stereocenters. The number of hydrogen-bond acceptors (Lipinski definition) is 3. The van der Waals surface area contributed by atoms with Gasteiger partial charge in [-0.1, -0.05) is 5.16 Å². The third-order valence-electron chi connectivity index (χ3n) is 2.31.